The fraction of sp³-hybridized carbons (Fsp3) is 0.778. The molecule has 1 amide bonds. The Labute approximate surface area is 90.8 Å². The van der Waals surface area contributed by atoms with Crippen molar-refractivity contribution in [2.75, 3.05) is 0 Å². The normalized spacial score (nSPS) is 13.2. The van der Waals surface area contributed by atoms with Crippen LogP contribution in [0.1, 0.15) is 32.6 Å². The van der Waals surface area contributed by atoms with Crippen molar-refractivity contribution < 1.29 is 27.9 Å². The number of hydrogen-bond donors (Lipinski definition) is 2. The number of alkyl halides is 3. The minimum absolute atomic E-state index is 0.108. The Bertz CT molecular complexity index is 253. The van der Waals surface area contributed by atoms with Crippen LogP contribution >= 0.6 is 0 Å². The third-order valence-corrected chi connectivity index (χ3v) is 1.91. The topological polar surface area (TPSA) is 66.4 Å². The number of unbranched alkanes of at least 4 members (excludes halogenated alkanes) is 1. The first-order valence-electron chi connectivity index (χ1n) is 4.79. The van der Waals surface area contributed by atoms with Crippen LogP contribution in [0.25, 0.3) is 0 Å². The zero-order valence-corrected chi connectivity index (χ0v) is 8.80. The molecule has 0 saturated carbocycles. The van der Waals surface area contributed by atoms with Crippen molar-refractivity contribution >= 4 is 11.9 Å². The van der Waals surface area contributed by atoms with Gasteiger partial charge in [0.15, 0.2) is 0 Å². The van der Waals surface area contributed by atoms with Crippen LogP contribution in [0.4, 0.5) is 13.2 Å². The van der Waals surface area contributed by atoms with Gasteiger partial charge >= 0.3 is 12.1 Å². The van der Waals surface area contributed by atoms with Crippen molar-refractivity contribution in [3.05, 3.63) is 0 Å². The molecule has 2 N–H and O–H groups in total. The van der Waals surface area contributed by atoms with Gasteiger partial charge in [0.05, 0.1) is 0 Å². The Morgan fingerprint density at radius 3 is 2.25 bits per heavy atom. The van der Waals surface area contributed by atoms with Crippen LogP contribution in [-0.4, -0.2) is 29.2 Å². The summed E-state index contributed by atoms with van der Waals surface area (Å²) >= 11 is 0. The number of carbonyl (C=O) groups is 2. The summed E-state index contributed by atoms with van der Waals surface area (Å²) in [6.07, 6.45) is -4.67. The lowest BCUT2D eigenvalue weighted by atomic mass is 10.1. The Kier molecular flexibility index (Phi) is 5.84. The van der Waals surface area contributed by atoms with E-state index in [1.165, 1.54) is 0 Å². The first-order valence-corrected chi connectivity index (χ1v) is 4.79. The predicted molar refractivity (Wildman–Crippen MR) is 49.8 cm³/mol. The molecule has 16 heavy (non-hydrogen) atoms. The van der Waals surface area contributed by atoms with Crippen LogP contribution in [0, 0.1) is 0 Å². The molecule has 1 unspecified atom stereocenters. The number of carbonyl (C=O) groups excluding carboxylic acids is 1. The van der Waals surface area contributed by atoms with Crippen molar-refractivity contribution in [1.29, 1.82) is 0 Å². The number of aliphatic carboxylic acids is 1. The summed E-state index contributed by atoms with van der Waals surface area (Å²) < 4.78 is 37.0. The average molecular weight is 241 g/mol. The minimum atomic E-state index is -4.49. The molecular formula is C9H14F3NO3. The molecule has 94 valence electrons. The lowest BCUT2D eigenvalue weighted by molar-refractivity contribution is -0.162. The molecule has 0 saturated heterocycles. The van der Waals surface area contributed by atoms with Gasteiger partial charge in [-0.15, -0.1) is 0 Å². The number of carboxylic acid groups (broad SMARTS) is 1. The number of hydrogen-bond acceptors (Lipinski definition) is 2. The highest BCUT2D eigenvalue weighted by molar-refractivity contribution is 5.73. The van der Waals surface area contributed by atoms with E-state index in [2.05, 4.69) is 0 Å². The molecule has 0 radical (unpaired) electrons. The molecule has 0 heterocycles. The summed E-state index contributed by atoms with van der Waals surface area (Å²) in [6, 6.07) is -1.89. The van der Waals surface area contributed by atoms with E-state index in [0.29, 0.717) is 0 Å². The average Bonchev–Trinajstić information content (AvgIpc) is 2.07. The second-order valence-corrected chi connectivity index (χ2v) is 3.43. The highest BCUT2D eigenvalue weighted by Crippen LogP contribution is 2.24. The standard InChI is InChI=1S/C9H14F3NO3/c1-6(14)13-7(9(10,11)12)4-2-3-5-8(15)16/h7H,2-5H2,1H3,(H,13,14)(H,15,16). The highest BCUT2D eigenvalue weighted by Gasteiger charge is 2.39. The maximum absolute atomic E-state index is 12.3. The van der Waals surface area contributed by atoms with Gasteiger partial charge in [-0.1, -0.05) is 6.42 Å². The number of halogens is 3. The maximum atomic E-state index is 12.3. The lowest BCUT2D eigenvalue weighted by Gasteiger charge is -2.20. The monoisotopic (exact) mass is 241 g/mol. The van der Waals surface area contributed by atoms with Crippen LogP contribution in [0.3, 0.4) is 0 Å². The lowest BCUT2D eigenvalue weighted by Crippen LogP contribution is -2.44. The molecule has 0 aromatic carbocycles. The van der Waals surface area contributed by atoms with Gasteiger partial charge in [-0.25, -0.2) is 0 Å². The van der Waals surface area contributed by atoms with Gasteiger partial charge in [-0.2, -0.15) is 13.2 Å². The molecule has 0 aliphatic heterocycles. The molecular weight excluding hydrogens is 227 g/mol. The van der Waals surface area contributed by atoms with Crippen molar-refractivity contribution in [3.8, 4) is 0 Å². The fourth-order valence-electron chi connectivity index (χ4n) is 1.19. The van der Waals surface area contributed by atoms with E-state index in [1.807, 2.05) is 0 Å². The number of carboxylic acids is 1. The van der Waals surface area contributed by atoms with E-state index in [0.717, 1.165) is 6.92 Å². The molecule has 0 fully saturated rings. The van der Waals surface area contributed by atoms with Crippen molar-refractivity contribution in [2.24, 2.45) is 0 Å². The first-order chi connectivity index (χ1) is 7.23. The van der Waals surface area contributed by atoms with E-state index in [1.54, 1.807) is 5.32 Å². The van der Waals surface area contributed by atoms with Gasteiger partial charge in [-0.3, -0.25) is 9.59 Å². The molecule has 0 aliphatic carbocycles. The molecule has 0 rings (SSSR count). The Balaban J connectivity index is 4.03. The highest BCUT2D eigenvalue weighted by atomic mass is 19.4. The molecule has 0 aromatic heterocycles. The zero-order valence-electron chi connectivity index (χ0n) is 8.80. The van der Waals surface area contributed by atoms with Gasteiger partial charge in [0, 0.05) is 13.3 Å². The van der Waals surface area contributed by atoms with E-state index in [-0.39, 0.29) is 25.7 Å². The summed E-state index contributed by atoms with van der Waals surface area (Å²) in [5.41, 5.74) is 0. The zero-order chi connectivity index (χ0) is 12.8. The molecule has 0 spiro atoms. The summed E-state index contributed by atoms with van der Waals surface area (Å²) in [5, 5.41) is 10.1. The third kappa shape index (κ3) is 7.08. The van der Waals surface area contributed by atoms with Crippen molar-refractivity contribution in [1.82, 2.24) is 5.32 Å². The summed E-state index contributed by atoms with van der Waals surface area (Å²) in [5.74, 6) is -1.79. The van der Waals surface area contributed by atoms with E-state index >= 15 is 0 Å². The molecule has 4 nitrogen and oxygen atoms in total. The maximum Gasteiger partial charge on any atom is 0.408 e. The van der Waals surface area contributed by atoms with Crippen LogP contribution in [0.5, 0.6) is 0 Å². The Morgan fingerprint density at radius 2 is 1.88 bits per heavy atom. The molecule has 0 bridgehead atoms. The van der Waals surface area contributed by atoms with E-state index in [4.69, 9.17) is 5.11 Å². The van der Waals surface area contributed by atoms with Crippen LogP contribution in [0.2, 0.25) is 0 Å². The second-order valence-electron chi connectivity index (χ2n) is 3.43. The van der Waals surface area contributed by atoms with Crippen molar-refractivity contribution in [2.45, 2.75) is 44.8 Å². The number of amides is 1. The smallest absolute Gasteiger partial charge is 0.408 e. The molecule has 7 heteroatoms. The van der Waals surface area contributed by atoms with Gasteiger partial charge in [0.25, 0.3) is 0 Å². The first kappa shape index (κ1) is 14.7. The number of nitrogens with one attached hydrogen (secondary N) is 1. The van der Waals surface area contributed by atoms with Gasteiger partial charge in [-0.05, 0) is 12.8 Å². The Morgan fingerprint density at radius 1 is 1.31 bits per heavy atom. The molecule has 0 aliphatic rings. The van der Waals surface area contributed by atoms with Crippen molar-refractivity contribution in [3.63, 3.8) is 0 Å². The summed E-state index contributed by atoms with van der Waals surface area (Å²) in [4.78, 5) is 20.7. The molecule has 0 aromatic rings. The minimum Gasteiger partial charge on any atom is -0.481 e. The SMILES string of the molecule is CC(=O)NC(CCCCC(=O)O)C(F)(F)F. The van der Waals surface area contributed by atoms with Gasteiger partial charge < -0.3 is 10.4 Å². The largest absolute Gasteiger partial charge is 0.481 e. The Hall–Kier alpha value is -1.27. The fourth-order valence-corrected chi connectivity index (χ4v) is 1.19. The number of rotatable bonds is 6. The quantitative estimate of drug-likeness (QED) is 0.695. The van der Waals surface area contributed by atoms with Gasteiger partial charge in [0.1, 0.15) is 6.04 Å². The molecule has 1 atom stereocenters. The van der Waals surface area contributed by atoms with E-state index in [9.17, 15) is 22.8 Å². The van der Waals surface area contributed by atoms with Crippen LogP contribution in [0.15, 0.2) is 0 Å². The van der Waals surface area contributed by atoms with Crippen LogP contribution in [-0.2, 0) is 9.59 Å². The second kappa shape index (κ2) is 6.34. The summed E-state index contributed by atoms with van der Waals surface area (Å²) in [7, 11) is 0. The summed E-state index contributed by atoms with van der Waals surface area (Å²) in [6.45, 7) is 1.01. The van der Waals surface area contributed by atoms with E-state index < -0.39 is 24.1 Å². The third-order valence-electron chi connectivity index (χ3n) is 1.91. The van der Waals surface area contributed by atoms with Gasteiger partial charge in [0.2, 0.25) is 5.91 Å². The predicted octanol–water partition coefficient (Wildman–Crippen LogP) is 1.70. The van der Waals surface area contributed by atoms with Crippen LogP contribution < -0.4 is 5.32 Å².